The molecule has 1 amide bonds. The van der Waals surface area contributed by atoms with Crippen molar-refractivity contribution in [2.75, 3.05) is 23.4 Å². The smallest absolute Gasteiger partial charge is 0.261 e. The van der Waals surface area contributed by atoms with Gasteiger partial charge in [-0.25, -0.2) is 9.50 Å². The first-order valence-corrected chi connectivity index (χ1v) is 9.90. The van der Waals surface area contributed by atoms with Crippen LogP contribution in [0.5, 0.6) is 0 Å². The average Bonchev–Trinajstić information content (AvgIpc) is 3.44. The number of fused-ring (bicyclic) bond motifs is 3. The van der Waals surface area contributed by atoms with Crippen LogP contribution in [0.1, 0.15) is 43.2 Å². The number of nitrogens with zero attached hydrogens (tertiary/aromatic N) is 6. The zero-order chi connectivity index (χ0) is 20.3. The van der Waals surface area contributed by atoms with Crippen molar-refractivity contribution in [1.82, 2.24) is 24.4 Å². The Bertz CT molecular complexity index is 1090. The average molecular weight is 395 g/mol. The van der Waals surface area contributed by atoms with Crippen LogP contribution in [0, 0.1) is 6.92 Å². The summed E-state index contributed by atoms with van der Waals surface area (Å²) in [6.07, 6.45) is 6.59. The van der Waals surface area contributed by atoms with E-state index >= 15 is 0 Å². The van der Waals surface area contributed by atoms with E-state index in [9.17, 15) is 4.79 Å². The number of amides is 1. The lowest BCUT2D eigenvalue weighted by molar-refractivity contribution is 0.0988. The number of aryl methyl sites for hydroxylation is 1. The van der Waals surface area contributed by atoms with Gasteiger partial charge in [-0.05, 0) is 40.2 Å². The van der Waals surface area contributed by atoms with E-state index in [1.54, 1.807) is 10.7 Å². The molecule has 3 aromatic heterocycles. The number of hydrogen-bond donors (Lipinski definition) is 1. The topological polar surface area (TPSA) is 89.6 Å². The van der Waals surface area contributed by atoms with Gasteiger partial charge in [0, 0.05) is 18.9 Å². The van der Waals surface area contributed by atoms with Crippen molar-refractivity contribution in [3.8, 4) is 0 Å². The third kappa shape index (κ3) is 3.05. The molecular weight excluding hydrogens is 370 g/mol. The van der Waals surface area contributed by atoms with Gasteiger partial charge >= 0.3 is 0 Å². The van der Waals surface area contributed by atoms with Gasteiger partial charge in [-0.1, -0.05) is 0 Å². The molecule has 2 bridgehead atoms. The van der Waals surface area contributed by atoms with Crippen molar-refractivity contribution in [2.45, 2.75) is 51.8 Å². The number of ether oxygens (including phenoxy) is 1. The zero-order valence-electron chi connectivity index (χ0n) is 17.1. The van der Waals surface area contributed by atoms with Crippen molar-refractivity contribution in [3.63, 3.8) is 0 Å². The Kier molecular flexibility index (Phi) is 3.92. The summed E-state index contributed by atoms with van der Waals surface area (Å²) >= 11 is 0. The van der Waals surface area contributed by atoms with Crippen molar-refractivity contribution in [1.29, 1.82) is 0 Å². The van der Waals surface area contributed by atoms with Gasteiger partial charge < -0.3 is 15.0 Å². The molecule has 0 aliphatic carbocycles. The SMILES string of the molecule is Cc1nn(C(C)(C)C)cc1NC(=O)c1cnn2ccc(N3C[C@H]4C[C@@H]3CO4)nc12. The molecule has 2 atom stereocenters. The fourth-order valence-corrected chi connectivity index (χ4v) is 3.98. The van der Waals surface area contributed by atoms with Crippen LogP contribution in [0.4, 0.5) is 11.5 Å². The van der Waals surface area contributed by atoms with E-state index in [2.05, 4.69) is 41.2 Å². The number of hydrogen-bond acceptors (Lipinski definition) is 6. The maximum Gasteiger partial charge on any atom is 0.261 e. The number of nitrogens with one attached hydrogen (secondary N) is 1. The molecule has 5 rings (SSSR count). The second-order valence-electron chi connectivity index (χ2n) is 8.81. The molecule has 0 spiro atoms. The summed E-state index contributed by atoms with van der Waals surface area (Å²) in [6, 6.07) is 2.31. The summed E-state index contributed by atoms with van der Waals surface area (Å²) in [6.45, 7) is 9.66. The molecule has 2 saturated heterocycles. The Balaban J connectivity index is 1.43. The van der Waals surface area contributed by atoms with Crippen molar-refractivity contribution < 1.29 is 9.53 Å². The van der Waals surface area contributed by atoms with Crippen LogP contribution >= 0.6 is 0 Å². The van der Waals surface area contributed by atoms with Gasteiger partial charge in [0.1, 0.15) is 11.4 Å². The molecule has 0 unspecified atom stereocenters. The van der Waals surface area contributed by atoms with Crippen LogP contribution in [0.3, 0.4) is 0 Å². The van der Waals surface area contributed by atoms with E-state index in [1.807, 2.05) is 30.1 Å². The van der Waals surface area contributed by atoms with E-state index in [0.717, 1.165) is 31.1 Å². The second-order valence-corrected chi connectivity index (χ2v) is 8.81. The largest absolute Gasteiger partial charge is 0.374 e. The fraction of sp³-hybridized carbons (Fsp3) is 0.500. The highest BCUT2D eigenvalue weighted by Gasteiger charge is 2.39. The van der Waals surface area contributed by atoms with Crippen LogP contribution < -0.4 is 10.2 Å². The van der Waals surface area contributed by atoms with E-state index in [0.29, 0.717) is 22.9 Å². The summed E-state index contributed by atoms with van der Waals surface area (Å²) in [5, 5.41) is 11.8. The highest BCUT2D eigenvalue weighted by atomic mass is 16.5. The number of anilines is 2. The monoisotopic (exact) mass is 395 g/mol. The number of rotatable bonds is 3. The number of morpholine rings is 1. The maximum atomic E-state index is 13.0. The van der Waals surface area contributed by atoms with Gasteiger partial charge in [0.15, 0.2) is 5.65 Å². The Morgan fingerprint density at radius 1 is 1.34 bits per heavy atom. The van der Waals surface area contributed by atoms with Crippen LogP contribution in [0.2, 0.25) is 0 Å². The summed E-state index contributed by atoms with van der Waals surface area (Å²) in [5.74, 6) is 0.618. The molecule has 152 valence electrons. The molecule has 2 fully saturated rings. The highest BCUT2D eigenvalue weighted by molar-refractivity contribution is 6.08. The minimum Gasteiger partial charge on any atom is -0.374 e. The Labute approximate surface area is 168 Å². The van der Waals surface area contributed by atoms with E-state index < -0.39 is 0 Å². The predicted molar refractivity (Wildman–Crippen MR) is 108 cm³/mol. The quantitative estimate of drug-likeness (QED) is 0.731. The lowest BCUT2D eigenvalue weighted by Crippen LogP contribution is -2.37. The summed E-state index contributed by atoms with van der Waals surface area (Å²) in [5.41, 5.74) is 2.29. The Hall–Kier alpha value is -2.94. The molecule has 2 aliphatic heterocycles. The summed E-state index contributed by atoms with van der Waals surface area (Å²) in [4.78, 5) is 20.0. The number of aromatic nitrogens is 5. The number of carbonyl (C=O) groups excluding carboxylic acids is 1. The first-order valence-electron chi connectivity index (χ1n) is 9.90. The van der Waals surface area contributed by atoms with Gasteiger partial charge in [0.25, 0.3) is 5.91 Å². The van der Waals surface area contributed by atoms with Gasteiger partial charge in [-0.2, -0.15) is 10.2 Å². The molecule has 0 radical (unpaired) electrons. The van der Waals surface area contributed by atoms with Crippen molar-refractivity contribution in [3.05, 3.63) is 35.9 Å². The lowest BCUT2D eigenvalue weighted by Gasteiger charge is -2.27. The maximum absolute atomic E-state index is 13.0. The molecule has 1 N–H and O–H groups in total. The molecule has 5 heterocycles. The molecule has 2 aliphatic rings. The first kappa shape index (κ1) is 18.1. The first-order chi connectivity index (χ1) is 13.8. The van der Waals surface area contributed by atoms with Crippen molar-refractivity contribution in [2.24, 2.45) is 0 Å². The zero-order valence-corrected chi connectivity index (χ0v) is 17.1. The van der Waals surface area contributed by atoms with Gasteiger partial charge in [0.2, 0.25) is 0 Å². The molecule has 9 nitrogen and oxygen atoms in total. The standard InChI is InChI=1S/C20H25N7O2/c1-12-16(10-27(24-12)20(2,3)4)22-19(28)15-8-21-26-6-5-17(23-18(15)26)25-9-14-7-13(25)11-29-14/h5-6,8,10,13-14H,7,9,11H2,1-4H3,(H,22,28)/t13-,14-/m1/s1. The van der Waals surface area contributed by atoms with E-state index in [-0.39, 0.29) is 17.6 Å². The third-order valence-electron chi connectivity index (χ3n) is 5.63. The van der Waals surface area contributed by atoms with Crippen LogP contribution in [-0.2, 0) is 10.3 Å². The van der Waals surface area contributed by atoms with Gasteiger partial charge in [0.05, 0.1) is 41.9 Å². The van der Waals surface area contributed by atoms with Crippen molar-refractivity contribution >= 4 is 23.1 Å². The van der Waals surface area contributed by atoms with Crippen LogP contribution in [0.25, 0.3) is 5.65 Å². The van der Waals surface area contributed by atoms with Crippen LogP contribution in [-0.4, -0.2) is 55.6 Å². The minimum absolute atomic E-state index is 0.159. The molecule has 0 aromatic carbocycles. The Morgan fingerprint density at radius 2 is 2.17 bits per heavy atom. The second kappa shape index (κ2) is 6.28. The third-order valence-corrected chi connectivity index (χ3v) is 5.63. The van der Waals surface area contributed by atoms with Crippen LogP contribution in [0.15, 0.2) is 24.7 Å². The van der Waals surface area contributed by atoms with Gasteiger partial charge in [-0.15, -0.1) is 0 Å². The molecule has 3 aromatic rings. The minimum atomic E-state index is -0.243. The molecule has 9 heteroatoms. The van der Waals surface area contributed by atoms with E-state index in [4.69, 9.17) is 9.72 Å². The van der Waals surface area contributed by atoms with Gasteiger partial charge in [-0.3, -0.25) is 9.48 Å². The Morgan fingerprint density at radius 3 is 2.83 bits per heavy atom. The highest BCUT2D eigenvalue weighted by Crippen LogP contribution is 2.31. The lowest BCUT2D eigenvalue weighted by atomic mass is 10.1. The predicted octanol–water partition coefficient (Wildman–Crippen LogP) is 2.22. The normalized spacial score (nSPS) is 21.3. The van der Waals surface area contributed by atoms with E-state index in [1.165, 1.54) is 0 Å². The fourth-order valence-electron chi connectivity index (χ4n) is 3.98. The molecular formula is C20H25N7O2. The molecule has 29 heavy (non-hydrogen) atoms. The molecule has 0 saturated carbocycles. The number of carbonyl (C=O) groups is 1. The summed E-state index contributed by atoms with van der Waals surface area (Å²) < 4.78 is 9.17. The summed E-state index contributed by atoms with van der Waals surface area (Å²) in [7, 11) is 0.